The lowest BCUT2D eigenvalue weighted by molar-refractivity contribution is -0.0599. The highest BCUT2D eigenvalue weighted by atomic mass is 16.3. The zero-order chi connectivity index (χ0) is 14.0. The van der Waals surface area contributed by atoms with Gasteiger partial charge in [-0.25, -0.2) is 0 Å². The molecule has 6 heteroatoms. The molecule has 2 heterocycles. The van der Waals surface area contributed by atoms with Crippen LogP contribution in [0.2, 0.25) is 0 Å². The van der Waals surface area contributed by atoms with Gasteiger partial charge in [0.2, 0.25) is 0 Å². The highest BCUT2D eigenvalue weighted by Crippen LogP contribution is 2.22. The van der Waals surface area contributed by atoms with Crippen molar-refractivity contribution in [3.8, 4) is 0 Å². The average molecular weight is 267 g/mol. The van der Waals surface area contributed by atoms with Gasteiger partial charge in [0, 0.05) is 18.8 Å². The summed E-state index contributed by atoms with van der Waals surface area (Å²) < 4.78 is 1.77. The number of rotatable bonds is 3. The number of aliphatic hydroxyl groups excluding tert-OH is 1. The van der Waals surface area contributed by atoms with Gasteiger partial charge in [-0.05, 0) is 32.8 Å². The van der Waals surface area contributed by atoms with Crippen LogP contribution in [0.15, 0.2) is 6.07 Å². The Balaban J connectivity index is 2.14. The number of carbonyl (C=O) groups excluding carboxylic acids is 1. The van der Waals surface area contributed by atoms with Crippen LogP contribution in [-0.4, -0.2) is 56.1 Å². The van der Waals surface area contributed by atoms with Gasteiger partial charge in [0.15, 0.2) is 5.69 Å². The summed E-state index contributed by atoms with van der Waals surface area (Å²) in [5.74, 6) is -0.179. The number of nitrogens with zero attached hydrogens (tertiary/aromatic N) is 3. The summed E-state index contributed by atoms with van der Waals surface area (Å²) in [5, 5.41) is 23.5. The minimum absolute atomic E-state index is 0.167. The molecule has 1 aliphatic heterocycles. The Morgan fingerprint density at radius 2 is 2.32 bits per heavy atom. The summed E-state index contributed by atoms with van der Waals surface area (Å²) in [5.41, 5.74) is 0.179. The second-order valence-electron chi connectivity index (χ2n) is 5.20. The first kappa shape index (κ1) is 14.0. The first-order valence-corrected chi connectivity index (χ1v) is 6.66. The Morgan fingerprint density at radius 3 is 2.89 bits per heavy atom. The molecule has 1 aliphatic rings. The molecule has 1 aromatic rings. The molecule has 0 unspecified atom stereocenters. The van der Waals surface area contributed by atoms with Gasteiger partial charge in [0.25, 0.3) is 5.91 Å². The van der Waals surface area contributed by atoms with Gasteiger partial charge in [-0.1, -0.05) is 0 Å². The number of likely N-dealkylation sites (tertiary alicyclic amines) is 1. The third-order valence-electron chi connectivity index (χ3n) is 3.64. The van der Waals surface area contributed by atoms with Crippen molar-refractivity contribution in [1.82, 2.24) is 14.7 Å². The fraction of sp³-hybridized carbons (Fsp3) is 0.692. The van der Waals surface area contributed by atoms with E-state index in [0.29, 0.717) is 25.1 Å². The quantitative estimate of drug-likeness (QED) is 0.818. The van der Waals surface area contributed by atoms with Crippen molar-refractivity contribution in [2.75, 3.05) is 19.7 Å². The third kappa shape index (κ3) is 2.79. The minimum Gasteiger partial charge on any atom is -0.393 e. The van der Waals surface area contributed by atoms with Gasteiger partial charge in [0.1, 0.15) is 5.60 Å². The predicted octanol–water partition coefficient (Wildman–Crippen LogP) is 0.171. The number of hydrogen-bond acceptors (Lipinski definition) is 4. The molecule has 6 nitrogen and oxygen atoms in total. The van der Waals surface area contributed by atoms with Crippen LogP contribution in [0.5, 0.6) is 0 Å². The largest absolute Gasteiger partial charge is 0.393 e. The van der Waals surface area contributed by atoms with Crippen molar-refractivity contribution in [2.24, 2.45) is 0 Å². The molecule has 1 atom stereocenters. The maximum atomic E-state index is 12.3. The number of carbonyl (C=O) groups is 1. The lowest BCUT2D eigenvalue weighted by atomic mass is 9.93. The number of hydrogen-bond donors (Lipinski definition) is 2. The van der Waals surface area contributed by atoms with Crippen LogP contribution in [-0.2, 0) is 6.54 Å². The van der Waals surface area contributed by atoms with E-state index in [1.54, 1.807) is 15.6 Å². The zero-order valence-electron chi connectivity index (χ0n) is 11.5. The van der Waals surface area contributed by atoms with Crippen LogP contribution >= 0.6 is 0 Å². The second kappa shape index (κ2) is 5.30. The maximum absolute atomic E-state index is 12.3. The molecule has 1 amide bonds. The topological polar surface area (TPSA) is 78.6 Å². The number of aryl methyl sites for hydroxylation is 2. The molecule has 2 N–H and O–H groups in total. The molecule has 0 spiro atoms. The van der Waals surface area contributed by atoms with E-state index in [9.17, 15) is 15.0 Å². The molecular formula is C13H21N3O3. The van der Waals surface area contributed by atoms with Crippen LogP contribution < -0.4 is 0 Å². The molecule has 106 valence electrons. The van der Waals surface area contributed by atoms with Gasteiger partial charge in [-0.15, -0.1) is 0 Å². The molecule has 0 aliphatic carbocycles. The van der Waals surface area contributed by atoms with E-state index in [2.05, 4.69) is 5.10 Å². The lowest BCUT2D eigenvalue weighted by Crippen LogP contribution is -2.52. The van der Waals surface area contributed by atoms with Crippen molar-refractivity contribution in [1.29, 1.82) is 0 Å². The first-order valence-electron chi connectivity index (χ1n) is 6.66. The molecule has 0 radical (unpaired) electrons. The van der Waals surface area contributed by atoms with E-state index in [-0.39, 0.29) is 19.1 Å². The first-order chi connectivity index (χ1) is 8.99. The van der Waals surface area contributed by atoms with Gasteiger partial charge in [0.05, 0.1) is 13.2 Å². The number of aliphatic hydroxyl groups is 2. The van der Waals surface area contributed by atoms with Crippen LogP contribution in [0.3, 0.4) is 0 Å². The Bertz CT molecular complexity index is 472. The van der Waals surface area contributed by atoms with Crippen LogP contribution in [0.4, 0.5) is 0 Å². The maximum Gasteiger partial charge on any atom is 0.274 e. The number of β-amino-alcohol motifs (C(OH)–C–C–N with tert-alkyl or cyclic N) is 1. The molecule has 1 fully saturated rings. The summed E-state index contributed by atoms with van der Waals surface area (Å²) in [4.78, 5) is 13.9. The van der Waals surface area contributed by atoms with E-state index in [4.69, 9.17) is 0 Å². The Labute approximate surface area is 112 Å². The Hall–Kier alpha value is -1.40. The van der Waals surface area contributed by atoms with Crippen molar-refractivity contribution < 1.29 is 15.0 Å². The summed E-state index contributed by atoms with van der Waals surface area (Å²) in [6.07, 6.45) is 1.21. The molecule has 1 saturated heterocycles. The summed E-state index contributed by atoms with van der Waals surface area (Å²) in [6, 6.07) is 1.76. The summed E-state index contributed by atoms with van der Waals surface area (Å²) in [7, 11) is 0. The molecule has 1 aromatic heterocycles. The highest BCUT2D eigenvalue weighted by Gasteiger charge is 2.35. The minimum atomic E-state index is -1.17. The van der Waals surface area contributed by atoms with Crippen molar-refractivity contribution in [2.45, 2.75) is 38.8 Å². The highest BCUT2D eigenvalue weighted by molar-refractivity contribution is 5.92. The van der Waals surface area contributed by atoms with Crippen LogP contribution in [0.1, 0.15) is 35.9 Å². The SMILES string of the molecule is CCn1nc(C(=O)N2CCC[C@](O)(CO)C2)cc1C. The Morgan fingerprint density at radius 1 is 1.58 bits per heavy atom. The average Bonchev–Trinajstić information content (AvgIpc) is 2.79. The third-order valence-corrected chi connectivity index (χ3v) is 3.64. The fourth-order valence-corrected chi connectivity index (χ4v) is 2.51. The van der Waals surface area contributed by atoms with Gasteiger partial charge >= 0.3 is 0 Å². The monoisotopic (exact) mass is 267 g/mol. The van der Waals surface area contributed by atoms with Crippen molar-refractivity contribution in [3.05, 3.63) is 17.5 Å². The molecule has 0 bridgehead atoms. The molecular weight excluding hydrogens is 246 g/mol. The summed E-state index contributed by atoms with van der Waals surface area (Å²) >= 11 is 0. The van der Waals surface area contributed by atoms with Crippen molar-refractivity contribution >= 4 is 5.91 Å². The van der Waals surface area contributed by atoms with E-state index in [1.165, 1.54) is 0 Å². The standard InChI is InChI=1S/C13H21N3O3/c1-3-16-10(2)7-11(14-16)12(18)15-6-4-5-13(19,8-15)9-17/h7,17,19H,3-6,8-9H2,1-2H3/t13-/m1/s1. The summed E-state index contributed by atoms with van der Waals surface area (Å²) in [6.45, 7) is 5.05. The predicted molar refractivity (Wildman–Crippen MR) is 69.8 cm³/mol. The number of piperidine rings is 1. The molecule has 0 aromatic carbocycles. The van der Waals surface area contributed by atoms with Crippen LogP contribution in [0.25, 0.3) is 0 Å². The molecule has 19 heavy (non-hydrogen) atoms. The van der Waals surface area contributed by atoms with Crippen molar-refractivity contribution in [3.63, 3.8) is 0 Å². The molecule has 0 saturated carbocycles. The zero-order valence-corrected chi connectivity index (χ0v) is 11.5. The number of aromatic nitrogens is 2. The second-order valence-corrected chi connectivity index (χ2v) is 5.20. The van der Waals surface area contributed by atoms with Gasteiger partial charge in [-0.3, -0.25) is 9.48 Å². The van der Waals surface area contributed by atoms with E-state index in [0.717, 1.165) is 12.2 Å². The van der Waals surface area contributed by atoms with E-state index < -0.39 is 5.60 Å². The number of amides is 1. The molecule has 2 rings (SSSR count). The lowest BCUT2D eigenvalue weighted by Gasteiger charge is -2.37. The smallest absolute Gasteiger partial charge is 0.274 e. The van der Waals surface area contributed by atoms with E-state index >= 15 is 0 Å². The van der Waals surface area contributed by atoms with Gasteiger partial charge in [-0.2, -0.15) is 5.10 Å². The van der Waals surface area contributed by atoms with Crippen LogP contribution in [0, 0.1) is 6.92 Å². The Kier molecular flexibility index (Phi) is 3.91. The fourth-order valence-electron chi connectivity index (χ4n) is 2.51. The normalized spacial score (nSPS) is 23.7. The van der Waals surface area contributed by atoms with E-state index in [1.807, 2.05) is 13.8 Å². The van der Waals surface area contributed by atoms with Gasteiger partial charge < -0.3 is 15.1 Å².